The number of hydrogen-bond acceptors (Lipinski definition) is 16. The third kappa shape index (κ3) is 5.51. The Morgan fingerprint density at radius 3 is 2.06 bits per heavy atom. The van der Waals surface area contributed by atoms with Gasteiger partial charge in [-0.3, -0.25) is 0 Å². The molecule has 2 saturated heterocycles. The standard InChI is InChI=1S/C35H54O16/c1-31-6-3-17(48-29-27(43)25(41)28(21(14-37)50-29)51-30-26(42)24(40)23(39)20(13-36)49-30)12-33(31,44)8-5-19-18(31)4-7-32(2)34(45,9-10-35(19,32)46)16-11-22(38)47-15-16/h11,17-21,23-30,36-37,39-46H,3-10,12-15H2,1-2H3. The summed E-state index contributed by atoms with van der Waals surface area (Å²) in [5, 5.41) is 109. The fourth-order valence-electron chi connectivity index (χ4n) is 11.3. The van der Waals surface area contributed by atoms with Crippen molar-refractivity contribution in [3.05, 3.63) is 11.6 Å². The first-order valence-electron chi connectivity index (χ1n) is 18.3. The van der Waals surface area contributed by atoms with Crippen molar-refractivity contribution in [3.8, 4) is 0 Å². The van der Waals surface area contributed by atoms with E-state index in [2.05, 4.69) is 6.92 Å². The third-order valence-electron chi connectivity index (χ3n) is 14.6. The quantitative estimate of drug-likeness (QED) is 0.0957. The molecular weight excluding hydrogens is 676 g/mol. The van der Waals surface area contributed by atoms with Gasteiger partial charge in [-0.05, 0) is 68.6 Å². The van der Waals surface area contributed by atoms with Gasteiger partial charge in [-0.2, -0.15) is 0 Å². The van der Waals surface area contributed by atoms with Crippen molar-refractivity contribution in [1.29, 1.82) is 0 Å². The number of hydrogen-bond donors (Lipinski definition) is 10. The summed E-state index contributed by atoms with van der Waals surface area (Å²) in [7, 11) is 0. The second-order valence-electron chi connectivity index (χ2n) is 16.6. The van der Waals surface area contributed by atoms with E-state index in [0.717, 1.165) is 0 Å². The van der Waals surface area contributed by atoms with Gasteiger partial charge >= 0.3 is 5.97 Å². The van der Waals surface area contributed by atoms with Gasteiger partial charge in [-0.1, -0.05) is 13.8 Å². The molecule has 0 bridgehead atoms. The topological polar surface area (TPSA) is 266 Å². The lowest BCUT2D eigenvalue weighted by Gasteiger charge is -2.66. The molecule has 6 fully saturated rings. The van der Waals surface area contributed by atoms with Gasteiger partial charge in [0.15, 0.2) is 12.6 Å². The summed E-state index contributed by atoms with van der Waals surface area (Å²) in [5.41, 5.74) is -4.81. The molecule has 18 atom stereocenters. The summed E-state index contributed by atoms with van der Waals surface area (Å²) in [6.45, 7) is 2.58. The summed E-state index contributed by atoms with van der Waals surface area (Å²) >= 11 is 0. The van der Waals surface area contributed by atoms with E-state index in [-0.39, 0.29) is 24.9 Å². The first-order chi connectivity index (χ1) is 24.0. The number of cyclic esters (lactones) is 1. The van der Waals surface area contributed by atoms with E-state index >= 15 is 0 Å². The van der Waals surface area contributed by atoms with E-state index in [1.165, 1.54) is 6.08 Å². The number of esters is 1. The highest BCUT2D eigenvalue weighted by atomic mass is 16.7. The highest BCUT2D eigenvalue weighted by Gasteiger charge is 2.74. The summed E-state index contributed by atoms with van der Waals surface area (Å²) < 4.78 is 28.2. The molecule has 0 amide bonds. The fraction of sp³-hybridized carbons (Fsp3) is 0.914. The van der Waals surface area contributed by atoms with Crippen LogP contribution in [0, 0.1) is 22.7 Å². The summed E-state index contributed by atoms with van der Waals surface area (Å²) in [6.07, 6.45) is -11.0. The first-order valence-corrected chi connectivity index (χ1v) is 18.3. The maximum Gasteiger partial charge on any atom is 0.331 e. The van der Waals surface area contributed by atoms with Crippen molar-refractivity contribution in [2.24, 2.45) is 22.7 Å². The second-order valence-corrected chi connectivity index (χ2v) is 16.6. The van der Waals surface area contributed by atoms with E-state index < -0.39 is 114 Å². The van der Waals surface area contributed by atoms with Crippen LogP contribution in [0.3, 0.4) is 0 Å². The van der Waals surface area contributed by atoms with Crippen LogP contribution in [-0.2, 0) is 28.5 Å². The molecule has 18 unspecified atom stereocenters. The normalized spacial score (nSPS) is 55.7. The SMILES string of the molecule is CC12CCC(OC3OC(CO)C(OC4OC(CO)C(O)C(O)C4O)C(O)C3O)CC1(O)CCC1C2CCC2(C)C(O)(C3=CC(=O)OC3)CCC12O. The van der Waals surface area contributed by atoms with Gasteiger partial charge in [0.25, 0.3) is 0 Å². The Balaban J connectivity index is 1.02. The lowest BCUT2D eigenvalue weighted by molar-refractivity contribution is -0.366. The molecule has 16 heteroatoms. The minimum Gasteiger partial charge on any atom is -0.458 e. The van der Waals surface area contributed by atoms with Crippen molar-refractivity contribution in [3.63, 3.8) is 0 Å². The van der Waals surface area contributed by atoms with Crippen molar-refractivity contribution >= 4 is 5.97 Å². The Morgan fingerprint density at radius 1 is 0.745 bits per heavy atom. The molecule has 51 heavy (non-hydrogen) atoms. The number of carbonyl (C=O) groups is 1. The second kappa shape index (κ2) is 13.2. The maximum atomic E-state index is 12.5. The van der Waals surface area contributed by atoms with Gasteiger partial charge in [0, 0.05) is 23.5 Å². The lowest BCUT2D eigenvalue weighted by atomic mass is 9.41. The summed E-state index contributed by atoms with van der Waals surface area (Å²) in [4.78, 5) is 11.9. The molecule has 0 aromatic carbocycles. The molecule has 0 aromatic rings. The van der Waals surface area contributed by atoms with Crippen molar-refractivity contribution < 1.29 is 79.5 Å². The molecule has 7 aliphatic rings. The van der Waals surface area contributed by atoms with E-state index in [9.17, 15) is 55.9 Å². The number of aliphatic hydroxyl groups excluding tert-OH is 7. The van der Waals surface area contributed by atoms with Gasteiger partial charge in [0.2, 0.25) is 0 Å². The van der Waals surface area contributed by atoms with Crippen LogP contribution in [0.4, 0.5) is 0 Å². The van der Waals surface area contributed by atoms with Crippen molar-refractivity contribution in [2.75, 3.05) is 19.8 Å². The molecule has 10 N–H and O–H groups in total. The Hall–Kier alpha value is -1.35. The Morgan fingerprint density at radius 2 is 1.39 bits per heavy atom. The fourth-order valence-corrected chi connectivity index (χ4v) is 11.3. The molecule has 0 spiro atoms. The zero-order valence-electron chi connectivity index (χ0n) is 29.0. The molecule has 0 radical (unpaired) electrons. The number of ether oxygens (including phenoxy) is 5. The molecule has 3 aliphatic heterocycles. The first kappa shape index (κ1) is 37.9. The van der Waals surface area contributed by atoms with E-state index in [1.54, 1.807) is 0 Å². The van der Waals surface area contributed by atoms with Crippen LogP contribution in [-0.4, -0.2) is 161 Å². The zero-order chi connectivity index (χ0) is 36.9. The third-order valence-corrected chi connectivity index (χ3v) is 14.6. The van der Waals surface area contributed by atoms with E-state index in [0.29, 0.717) is 56.9 Å². The largest absolute Gasteiger partial charge is 0.458 e. The lowest BCUT2D eigenvalue weighted by Crippen LogP contribution is -2.69. The maximum absolute atomic E-state index is 12.5. The van der Waals surface area contributed by atoms with Crippen LogP contribution >= 0.6 is 0 Å². The predicted octanol–water partition coefficient (Wildman–Crippen LogP) is -2.52. The predicted molar refractivity (Wildman–Crippen MR) is 170 cm³/mol. The molecular formula is C35H54O16. The van der Waals surface area contributed by atoms with Crippen LogP contribution in [0.5, 0.6) is 0 Å². The Kier molecular flexibility index (Phi) is 9.78. The van der Waals surface area contributed by atoms with Crippen LogP contribution < -0.4 is 0 Å². The highest BCUT2D eigenvalue weighted by Crippen LogP contribution is 2.71. The molecule has 7 rings (SSSR count). The monoisotopic (exact) mass is 730 g/mol. The average molecular weight is 731 g/mol. The number of aliphatic hydroxyl groups is 10. The van der Waals surface area contributed by atoms with Gasteiger partial charge in [-0.25, -0.2) is 4.79 Å². The number of rotatable bonds is 7. The van der Waals surface area contributed by atoms with E-state index in [4.69, 9.17) is 23.7 Å². The molecule has 4 saturated carbocycles. The number of fused-ring (bicyclic) bond motifs is 5. The average Bonchev–Trinajstić information content (AvgIpc) is 3.63. The number of carbonyl (C=O) groups excluding carboxylic acids is 1. The molecule has 290 valence electrons. The zero-order valence-corrected chi connectivity index (χ0v) is 29.0. The molecule has 3 heterocycles. The van der Waals surface area contributed by atoms with Crippen molar-refractivity contribution in [2.45, 2.75) is 156 Å². The van der Waals surface area contributed by atoms with Gasteiger partial charge in [-0.15, -0.1) is 0 Å². The summed E-state index contributed by atoms with van der Waals surface area (Å²) in [5.74, 6) is -0.754. The minimum atomic E-state index is -1.78. The Bertz CT molecular complexity index is 1360. The van der Waals surface area contributed by atoms with Crippen LogP contribution in [0.25, 0.3) is 0 Å². The van der Waals surface area contributed by atoms with Crippen LogP contribution in [0.2, 0.25) is 0 Å². The molecule has 16 nitrogen and oxygen atoms in total. The molecule has 4 aliphatic carbocycles. The van der Waals surface area contributed by atoms with Crippen molar-refractivity contribution in [1.82, 2.24) is 0 Å². The Labute approximate surface area is 295 Å². The smallest absolute Gasteiger partial charge is 0.331 e. The minimum absolute atomic E-state index is 0.00929. The van der Waals surface area contributed by atoms with E-state index in [1.807, 2.05) is 6.92 Å². The molecule has 0 aromatic heterocycles. The van der Waals surface area contributed by atoms with Crippen LogP contribution in [0.15, 0.2) is 11.6 Å². The van der Waals surface area contributed by atoms with Gasteiger partial charge in [0.05, 0.1) is 36.1 Å². The van der Waals surface area contributed by atoms with Gasteiger partial charge in [0.1, 0.15) is 55.4 Å². The van der Waals surface area contributed by atoms with Crippen LogP contribution in [0.1, 0.15) is 71.6 Å². The highest BCUT2D eigenvalue weighted by molar-refractivity contribution is 5.86. The van der Waals surface area contributed by atoms with Gasteiger partial charge < -0.3 is 74.7 Å². The summed E-state index contributed by atoms with van der Waals surface area (Å²) in [6, 6.07) is 0.